The summed E-state index contributed by atoms with van der Waals surface area (Å²) in [5.41, 5.74) is 1.19. The molecule has 2 aliphatic carbocycles. The molecule has 4 aromatic carbocycles. The van der Waals surface area contributed by atoms with E-state index in [0.717, 1.165) is 17.4 Å². The third-order valence-electron chi connectivity index (χ3n) is 13.1. The van der Waals surface area contributed by atoms with Gasteiger partial charge in [-0.15, -0.1) is 11.3 Å². The van der Waals surface area contributed by atoms with Crippen LogP contribution < -0.4 is 18.9 Å². The molecule has 0 aliphatic heterocycles. The van der Waals surface area contributed by atoms with Gasteiger partial charge in [-0.05, 0) is 156 Å². The Bertz CT molecular complexity index is 2990. The topological polar surface area (TPSA) is 257 Å². The summed E-state index contributed by atoms with van der Waals surface area (Å²) in [5, 5.41) is 11.8. The number of nitro groups is 1. The molecular formula is C57H56N2O17S. The van der Waals surface area contributed by atoms with Crippen molar-refractivity contribution in [2.24, 2.45) is 23.7 Å². The van der Waals surface area contributed by atoms with E-state index in [9.17, 15) is 48.5 Å². The summed E-state index contributed by atoms with van der Waals surface area (Å²) in [5.74, 6) is -5.02. The van der Waals surface area contributed by atoms with Gasteiger partial charge in [-0.2, -0.15) is 0 Å². The van der Waals surface area contributed by atoms with Crippen molar-refractivity contribution >= 4 is 74.8 Å². The second-order valence-electron chi connectivity index (χ2n) is 18.4. The molecule has 5 aromatic rings. The number of carbonyl (C=O) groups is 8. The number of esters is 7. The Hall–Kier alpha value is -8.39. The molecule has 0 radical (unpaired) electrons. The van der Waals surface area contributed by atoms with Crippen molar-refractivity contribution < 1.29 is 76.4 Å². The lowest BCUT2D eigenvalue weighted by molar-refractivity contribution is -0.384. The number of allylic oxidation sites excluding steroid dienone is 1. The first-order valence-corrected chi connectivity index (χ1v) is 26.0. The summed E-state index contributed by atoms with van der Waals surface area (Å²) < 4.78 is 39.0. The number of non-ortho nitro benzene ring substituents is 1. The predicted molar refractivity (Wildman–Crippen MR) is 278 cm³/mol. The molecule has 2 fully saturated rings. The number of unbranched alkanes of at least 4 members (excludes halogenated alkanes) is 2. The number of rotatable bonds is 24. The highest BCUT2D eigenvalue weighted by Gasteiger charge is 2.35. The Morgan fingerprint density at radius 3 is 1.43 bits per heavy atom. The molecular weight excluding hydrogens is 1020 g/mol. The predicted octanol–water partition coefficient (Wildman–Crippen LogP) is 10.3. The van der Waals surface area contributed by atoms with Gasteiger partial charge in [0.25, 0.3) is 5.69 Å². The Morgan fingerprint density at radius 2 is 0.974 bits per heavy atom. The maximum Gasteiger partial charge on any atom is 0.338 e. The second kappa shape index (κ2) is 27.4. The molecule has 0 bridgehead atoms. The standard InChI is InChI=1S/C57H56N2O17S/c1-3-43(60)9-5-6-33-71-52(62)36-20-26-44(27-21-36)74-55(65)39-12-16-41(17-13-39)57(67)76-47-31-30-46(49-50(47)77-51(58-49)35-18-24-42(25-19-35)59(68)69)75-56(66)40-14-10-38(11-15-40)54(64)73-45-28-22-37(23-29-45)53(63)72-34-8-7-32-70-48(61)4-2/h3-4,18-31,38-41H,1-2,5-17,32-34H2. The molecule has 1 heterocycles. The monoisotopic (exact) mass is 1070 g/mol. The summed E-state index contributed by atoms with van der Waals surface area (Å²) in [6, 6.07) is 20.7. The molecule has 0 amide bonds. The summed E-state index contributed by atoms with van der Waals surface area (Å²) in [4.78, 5) is 117. The number of thiazole rings is 1. The SMILES string of the molecule is C=CC(=O)CCCCOC(=O)c1ccc(OC(=O)C2CCC(C(=O)Oc3ccc(OC(=O)C4CCC(C(=O)Oc5ccc(C(=O)OCCCCOC(=O)C=C)cc5)CC4)c4nc(-c5ccc([N+](=O)[O-])cc5)sc34)CC2)cc1. The minimum atomic E-state index is -0.557. The van der Waals surface area contributed by atoms with Crippen LogP contribution in [0.2, 0.25) is 0 Å². The van der Waals surface area contributed by atoms with Gasteiger partial charge in [-0.25, -0.2) is 19.4 Å². The van der Waals surface area contributed by atoms with E-state index < -0.39 is 70.4 Å². The maximum atomic E-state index is 13.7. The molecule has 0 spiro atoms. The quantitative estimate of drug-likeness (QED) is 0.0106. The van der Waals surface area contributed by atoms with Crippen LogP contribution in [0.5, 0.6) is 23.0 Å². The Morgan fingerprint density at radius 1 is 0.545 bits per heavy atom. The first-order valence-electron chi connectivity index (χ1n) is 25.2. The van der Waals surface area contributed by atoms with Crippen molar-refractivity contribution in [1.82, 2.24) is 4.98 Å². The molecule has 7 rings (SSSR count). The zero-order valence-electron chi connectivity index (χ0n) is 42.0. The van der Waals surface area contributed by atoms with E-state index in [1.165, 1.54) is 78.9 Å². The van der Waals surface area contributed by atoms with Crippen LogP contribution in [0.15, 0.2) is 110 Å². The van der Waals surface area contributed by atoms with Crippen LogP contribution >= 0.6 is 11.3 Å². The Labute approximate surface area is 446 Å². The summed E-state index contributed by atoms with van der Waals surface area (Å²) in [6.45, 7) is 7.23. The van der Waals surface area contributed by atoms with E-state index in [4.69, 9.17) is 38.1 Å². The highest BCUT2D eigenvalue weighted by molar-refractivity contribution is 7.22. The van der Waals surface area contributed by atoms with Gasteiger partial charge in [0.2, 0.25) is 0 Å². The third kappa shape index (κ3) is 15.8. The number of benzene rings is 4. The van der Waals surface area contributed by atoms with Crippen molar-refractivity contribution in [1.29, 1.82) is 0 Å². The van der Waals surface area contributed by atoms with E-state index in [2.05, 4.69) is 13.2 Å². The zero-order chi connectivity index (χ0) is 54.8. The van der Waals surface area contributed by atoms with Crippen LogP contribution in [0, 0.1) is 33.8 Å². The third-order valence-corrected chi connectivity index (χ3v) is 14.2. The average Bonchev–Trinajstić information content (AvgIpc) is 3.97. The number of ether oxygens (including phenoxy) is 7. The van der Waals surface area contributed by atoms with Crippen molar-refractivity contribution in [3.8, 4) is 33.6 Å². The number of nitrogens with zero attached hydrogens (tertiary/aromatic N) is 2. The number of hydrogen-bond donors (Lipinski definition) is 0. The lowest BCUT2D eigenvalue weighted by Gasteiger charge is -2.26. The lowest BCUT2D eigenvalue weighted by atomic mass is 9.82. The number of hydrogen-bond acceptors (Lipinski definition) is 19. The summed E-state index contributed by atoms with van der Waals surface area (Å²) in [6.07, 6.45) is 7.52. The van der Waals surface area contributed by atoms with Gasteiger partial charge in [0, 0.05) is 30.2 Å². The van der Waals surface area contributed by atoms with Crippen LogP contribution in [0.4, 0.5) is 5.69 Å². The van der Waals surface area contributed by atoms with Gasteiger partial charge in [0.05, 0.1) is 59.5 Å². The van der Waals surface area contributed by atoms with Crippen LogP contribution in [0.3, 0.4) is 0 Å². The summed E-state index contributed by atoms with van der Waals surface area (Å²) in [7, 11) is 0. The van der Waals surface area contributed by atoms with Crippen molar-refractivity contribution in [2.75, 3.05) is 19.8 Å². The van der Waals surface area contributed by atoms with E-state index in [1.54, 1.807) is 12.1 Å². The number of aromatic nitrogens is 1. The average molecular weight is 1070 g/mol. The molecule has 0 atom stereocenters. The molecule has 2 aliphatic rings. The van der Waals surface area contributed by atoms with Crippen LogP contribution in [-0.2, 0) is 43.0 Å². The molecule has 19 nitrogen and oxygen atoms in total. The fraction of sp³-hybridized carbons (Fsp3) is 0.351. The van der Waals surface area contributed by atoms with E-state index >= 15 is 0 Å². The molecule has 402 valence electrons. The fourth-order valence-corrected chi connectivity index (χ4v) is 9.68. The van der Waals surface area contributed by atoms with Gasteiger partial charge in [-0.1, -0.05) is 13.2 Å². The molecule has 2 saturated carbocycles. The smallest absolute Gasteiger partial charge is 0.338 e. The molecule has 20 heteroatoms. The van der Waals surface area contributed by atoms with Gasteiger partial charge >= 0.3 is 41.8 Å². The van der Waals surface area contributed by atoms with Crippen molar-refractivity contribution in [3.05, 3.63) is 131 Å². The minimum Gasteiger partial charge on any atom is -0.463 e. The Balaban J connectivity index is 0.908. The normalized spacial score (nSPS) is 16.9. The molecule has 1 aromatic heterocycles. The number of ketones is 1. The minimum absolute atomic E-state index is 0.0710. The van der Waals surface area contributed by atoms with Crippen LogP contribution in [0.25, 0.3) is 20.8 Å². The summed E-state index contributed by atoms with van der Waals surface area (Å²) >= 11 is 1.15. The first kappa shape index (κ1) is 56.3. The van der Waals surface area contributed by atoms with Gasteiger partial charge < -0.3 is 33.2 Å². The van der Waals surface area contributed by atoms with Gasteiger partial charge in [0.1, 0.15) is 26.7 Å². The van der Waals surface area contributed by atoms with E-state index in [1.807, 2.05) is 0 Å². The van der Waals surface area contributed by atoms with E-state index in [-0.39, 0.29) is 70.9 Å². The van der Waals surface area contributed by atoms with Crippen molar-refractivity contribution in [3.63, 3.8) is 0 Å². The fourth-order valence-electron chi connectivity index (χ4n) is 8.64. The van der Waals surface area contributed by atoms with Crippen LogP contribution in [0.1, 0.15) is 104 Å². The molecule has 0 N–H and O–H groups in total. The maximum absolute atomic E-state index is 13.7. The number of nitro benzene ring substituents is 1. The van der Waals surface area contributed by atoms with E-state index in [0.29, 0.717) is 98.7 Å². The Kier molecular flexibility index (Phi) is 20.1. The molecule has 0 unspecified atom stereocenters. The van der Waals surface area contributed by atoms with Crippen molar-refractivity contribution in [2.45, 2.75) is 83.5 Å². The van der Waals surface area contributed by atoms with Gasteiger partial charge in [0.15, 0.2) is 17.3 Å². The first-order chi connectivity index (χ1) is 37.2. The largest absolute Gasteiger partial charge is 0.463 e. The highest BCUT2D eigenvalue weighted by Crippen LogP contribution is 2.43. The highest BCUT2D eigenvalue weighted by atomic mass is 32.1. The zero-order valence-corrected chi connectivity index (χ0v) is 42.8. The number of fused-ring (bicyclic) bond motifs is 1. The molecule has 0 saturated heterocycles. The molecule has 77 heavy (non-hydrogen) atoms. The van der Waals surface area contributed by atoms with Crippen LogP contribution in [-0.4, -0.2) is 77.3 Å². The lowest BCUT2D eigenvalue weighted by Crippen LogP contribution is -2.30. The van der Waals surface area contributed by atoms with Gasteiger partial charge in [-0.3, -0.25) is 34.1 Å². The number of carbonyl (C=O) groups excluding carboxylic acids is 8. The second-order valence-corrected chi connectivity index (χ2v) is 19.4.